The Balaban J connectivity index is 2.32. The molecule has 0 spiro atoms. The third-order valence-corrected chi connectivity index (χ3v) is 2.31. The minimum atomic E-state index is 0.481. The lowest BCUT2D eigenvalue weighted by Gasteiger charge is -2.14. The van der Waals surface area contributed by atoms with Gasteiger partial charge in [-0.1, -0.05) is 13.8 Å². The highest BCUT2D eigenvalue weighted by molar-refractivity contribution is 4.95. The lowest BCUT2D eigenvalue weighted by molar-refractivity contribution is 0.431. The van der Waals surface area contributed by atoms with E-state index in [0.29, 0.717) is 12.1 Å². The van der Waals surface area contributed by atoms with E-state index in [0.717, 1.165) is 18.7 Å². The maximum Gasteiger partial charge on any atom is 0.0593 e. The zero-order valence-corrected chi connectivity index (χ0v) is 9.62. The lowest BCUT2D eigenvalue weighted by Crippen LogP contribution is -2.25. The van der Waals surface area contributed by atoms with Gasteiger partial charge in [0.15, 0.2) is 0 Å². The Bertz CT molecular complexity index is 265. The van der Waals surface area contributed by atoms with Gasteiger partial charge in [-0.05, 0) is 32.9 Å². The molecule has 0 aromatic carbocycles. The molecule has 1 rings (SSSR count). The minimum Gasteiger partial charge on any atom is -0.314 e. The molecule has 1 unspecified atom stereocenters. The van der Waals surface area contributed by atoms with Crippen LogP contribution in [0.4, 0.5) is 0 Å². The molecule has 14 heavy (non-hydrogen) atoms. The number of nitrogens with zero attached hydrogens (tertiary/aromatic N) is 2. The molecule has 1 heterocycles. The van der Waals surface area contributed by atoms with E-state index in [1.54, 1.807) is 0 Å². The topological polar surface area (TPSA) is 29.9 Å². The fraction of sp³-hybridized carbons (Fsp3) is 0.727. The van der Waals surface area contributed by atoms with Crippen LogP contribution in [0.1, 0.15) is 38.9 Å². The largest absolute Gasteiger partial charge is 0.314 e. The van der Waals surface area contributed by atoms with Crippen LogP contribution in [0.15, 0.2) is 12.3 Å². The summed E-state index contributed by atoms with van der Waals surface area (Å²) in [4.78, 5) is 0. The van der Waals surface area contributed by atoms with Crippen LogP contribution in [-0.2, 0) is 0 Å². The molecule has 0 saturated carbocycles. The summed E-state index contributed by atoms with van der Waals surface area (Å²) in [6.07, 6.45) is 3.18. The van der Waals surface area contributed by atoms with Crippen LogP contribution in [-0.4, -0.2) is 22.4 Å². The van der Waals surface area contributed by atoms with Crippen LogP contribution in [0, 0.1) is 6.92 Å². The quantitative estimate of drug-likeness (QED) is 0.780. The Morgan fingerprint density at radius 1 is 1.43 bits per heavy atom. The van der Waals surface area contributed by atoms with Crippen molar-refractivity contribution in [2.24, 2.45) is 0 Å². The first-order chi connectivity index (χ1) is 6.59. The van der Waals surface area contributed by atoms with Gasteiger partial charge < -0.3 is 5.32 Å². The summed E-state index contributed by atoms with van der Waals surface area (Å²) in [5, 5.41) is 7.81. The average molecular weight is 195 g/mol. The maximum atomic E-state index is 4.40. The summed E-state index contributed by atoms with van der Waals surface area (Å²) in [7, 11) is 0. The Morgan fingerprint density at radius 2 is 2.14 bits per heavy atom. The average Bonchev–Trinajstić information content (AvgIpc) is 2.51. The third kappa shape index (κ3) is 3.50. The van der Waals surface area contributed by atoms with Gasteiger partial charge in [0.25, 0.3) is 0 Å². The second kappa shape index (κ2) is 5.15. The zero-order chi connectivity index (χ0) is 10.6. The predicted molar refractivity (Wildman–Crippen MR) is 59.4 cm³/mol. The molecule has 80 valence electrons. The van der Waals surface area contributed by atoms with Crippen molar-refractivity contribution in [1.29, 1.82) is 0 Å². The van der Waals surface area contributed by atoms with Crippen molar-refractivity contribution in [3.8, 4) is 0 Å². The van der Waals surface area contributed by atoms with Crippen molar-refractivity contribution in [1.82, 2.24) is 15.1 Å². The number of aryl methyl sites for hydroxylation is 1. The first-order valence-electron chi connectivity index (χ1n) is 5.34. The fourth-order valence-electron chi connectivity index (χ4n) is 1.39. The molecule has 3 heteroatoms. The number of hydrogen-bond donors (Lipinski definition) is 1. The second-order valence-corrected chi connectivity index (χ2v) is 4.18. The van der Waals surface area contributed by atoms with E-state index in [-0.39, 0.29) is 0 Å². The Labute approximate surface area is 86.5 Å². The Morgan fingerprint density at radius 3 is 2.64 bits per heavy atom. The normalized spacial score (nSPS) is 13.5. The van der Waals surface area contributed by atoms with E-state index in [1.807, 2.05) is 17.7 Å². The van der Waals surface area contributed by atoms with Crippen molar-refractivity contribution < 1.29 is 0 Å². The number of nitrogens with one attached hydrogen (secondary N) is 1. The summed E-state index contributed by atoms with van der Waals surface area (Å²) in [5.41, 5.74) is 1.09. The van der Waals surface area contributed by atoms with Crippen molar-refractivity contribution in [2.45, 2.75) is 46.2 Å². The molecular weight excluding hydrogens is 174 g/mol. The zero-order valence-electron chi connectivity index (χ0n) is 9.62. The summed E-state index contributed by atoms with van der Waals surface area (Å²) < 4.78 is 2.04. The van der Waals surface area contributed by atoms with Gasteiger partial charge in [0, 0.05) is 12.2 Å². The summed E-state index contributed by atoms with van der Waals surface area (Å²) >= 11 is 0. The molecule has 0 bridgehead atoms. The van der Waals surface area contributed by atoms with E-state index in [4.69, 9.17) is 0 Å². The molecule has 0 aliphatic carbocycles. The lowest BCUT2D eigenvalue weighted by atomic mass is 10.2. The molecule has 0 radical (unpaired) electrons. The van der Waals surface area contributed by atoms with Crippen LogP contribution in [0.3, 0.4) is 0 Å². The molecule has 3 nitrogen and oxygen atoms in total. The van der Waals surface area contributed by atoms with Crippen LogP contribution in [0.2, 0.25) is 0 Å². The highest BCUT2D eigenvalue weighted by Crippen LogP contribution is 2.08. The molecule has 0 saturated heterocycles. The fourth-order valence-corrected chi connectivity index (χ4v) is 1.39. The van der Waals surface area contributed by atoms with Gasteiger partial charge in [-0.2, -0.15) is 5.10 Å². The second-order valence-electron chi connectivity index (χ2n) is 4.18. The number of hydrogen-bond acceptors (Lipinski definition) is 2. The van der Waals surface area contributed by atoms with Crippen LogP contribution in [0.5, 0.6) is 0 Å². The summed E-state index contributed by atoms with van der Waals surface area (Å²) in [6, 6.07) is 3.10. The highest BCUT2D eigenvalue weighted by atomic mass is 15.3. The van der Waals surface area contributed by atoms with Crippen LogP contribution < -0.4 is 5.32 Å². The van der Waals surface area contributed by atoms with Gasteiger partial charge in [0.2, 0.25) is 0 Å². The van der Waals surface area contributed by atoms with Crippen molar-refractivity contribution in [3.63, 3.8) is 0 Å². The van der Waals surface area contributed by atoms with Crippen molar-refractivity contribution in [2.75, 3.05) is 6.54 Å². The predicted octanol–water partition coefficient (Wildman–Crippen LogP) is 2.14. The molecule has 1 aromatic heterocycles. The first-order valence-corrected chi connectivity index (χ1v) is 5.34. The van der Waals surface area contributed by atoms with Gasteiger partial charge in [0.1, 0.15) is 0 Å². The van der Waals surface area contributed by atoms with Crippen LogP contribution >= 0.6 is 0 Å². The molecule has 0 aliphatic rings. The van der Waals surface area contributed by atoms with E-state index >= 15 is 0 Å². The van der Waals surface area contributed by atoms with Gasteiger partial charge in [0.05, 0.1) is 11.7 Å². The van der Waals surface area contributed by atoms with Gasteiger partial charge in [-0.15, -0.1) is 0 Å². The number of aromatic nitrogens is 2. The minimum absolute atomic E-state index is 0.481. The molecular formula is C11H21N3. The Hall–Kier alpha value is -0.830. The van der Waals surface area contributed by atoms with Crippen molar-refractivity contribution in [3.05, 3.63) is 18.0 Å². The summed E-state index contributed by atoms with van der Waals surface area (Å²) in [5.74, 6) is 0. The van der Waals surface area contributed by atoms with Crippen LogP contribution in [0.25, 0.3) is 0 Å². The van der Waals surface area contributed by atoms with E-state index < -0.39 is 0 Å². The molecule has 0 fully saturated rings. The van der Waals surface area contributed by atoms with Gasteiger partial charge >= 0.3 is 0 Å². The molecule has 0 aliphatic heterocycles. The Kier molecular flexibility index (Phi) is 4.14. The first kappa shape index (κ1) is 11.2. The maximum absolute atomic E-state index is 4.40. The molecule has 1 atom stereocenters. The smallest absolute Gasteiger partial charge is 0.0593 e. The molecule has 0 amide bonds. The monoisotopic (exact) mass is 195 g/mol. The standard InChI is InChI=1S/C11H21N3/c1-9(2)12-7-5-11(4)14-8-6-10(3)13-14/h6,8-9,11-12H,5,7H2,1-4H3. The van der Waals surface area contributed by atoms with Gasteiger partial charge in [-0.3, -0.25) is 4.68 Å². The highest BCUT2D eigenvalue weighted by Gasteiger charge is 2.05. The van der Waals surface area contributed by atoms with E-state index in [9.17, 15) is 0 Å². The third-order valence-electron chi connectivity index (χ3n) is 2.31. The van der Waals surface area contributed by atoms with Gasteiger partial charge in [-0.25, -0.2) is 0 Å². The molecule has 1 aromatic rings. The number of rotatable bonds is 5. The van der Waals surface area contributed by atoms with E-state index in [1.165, 1.54) is 0 Å². The summed E-state index contributed by atoms with van der Waals surface area (Å²) in [6.45, 7) is 9.62. The molecule has 1 N–H and O–H groups in total. The SMILES string of the molecule is Cc1ccn(C(C)CCNC(C)C)n1. The van der Waals surface area contributed by atoms with E-state index in [2.05, 4.69) is 37.4 Å². The van der Waals surface area contributed by atoms with Crippen molar-refractivity contribution >= 4 is 0 Å².